The fraction of sp³-hybridized carbons (Fsp3) is 0.649. The number of carboxylic acids is 1. The first-order chi connectivity index (χ1) is 24.2. The van der Waals surface area contributed by atoms with Gasteiger partial charge in [-0.25, -0.2) is 14.4 Å². The zero-order valence-electron chi connectivity index (χ0n) is 30.2. The highest BCUT2D eigenvalue weighted by Gasteiger charge is 2.61. The fourth-order valence-electron chi connectivity index (χ4n) is 7.59. The number of alkyl carbamates (subject to hydrolysis) is 1. The number of hydrogen-bond acceptors (Lipinski definition) is 9. The van der Waals surface area contributed by atoms with E-state index in [4.69, 9.17) is 9.47 Å². The summed E-state index contributed by atoms with van der Waals surface area (Å²) in [6.07, 6.45) is 5.22. The van der Waals surface area contributed by atoms with Crippen LogP contribution in [0.1, 0.15) is 76.8 Å². The standard InChI is InChI=1S/C37H52N6O8/c1-36(2,3)51-34(48)38-29-11-9-7-5-6-8-10-26-20-37(26,33(46)47)39-31(44)30-19-28(23-43(30)32(29)45)50-35(49)42-21-24-12-13-27(18-25(24)22-42)41-16-14-40(4)15-17-41/h8,10,12-13,18,26,28-30H,5-7,9,11,14-17,19-23H2,1-4H3,(H,38,48)(H,39,44)(H,46,47)/b10-8-/t26-,28+,29-,30-,37+/m0/s1. The summed E-state index contributed by atoms with van der Waals surface area (Å²) in [5.74, 6) is -2.63. The molecule has 4 amide bonds. The molecule has 1 saturated carbocycles. The third-order valence-corrected chi connectivity index (χ3v) is 10.6. The second-order valence-corrected chi connectivity index (χ2v) is 15.7. The average molecular weight is 709 g/mol. The number of likely N-dealkylation sites (N-methyl/N-ethyl adjacent to an activating group) is 1. The SMILES string of the molecule is CN1CCN(c2ccc3c(c2)CN(C(=O)O[C@@H]2C[C@H]4C(=O)N[C@]5(C(=O)O)C[C@@H]5/C=C\CCCCC[C@H](NC(=O)OC(C)(C)C)C(=O)N4C2)C3)CC1. The maximum absolute atomic E-state index is 14.2. The summed E-state index contributed by atoms with van der Waals surface area (Å²) in [5.41, 5.74) is 0.975. The second-order valence-electron chi connectivity index (χ2n) is 15.7. The molecule has 4 aliphatic heterocycles. The monoisotopic (exact) mass is 708 g/mol. The van der Waals surface area contributed by atoms with Crippen LogP contribution in [-0.4, -0.2) is 119 Å². The van der Waals surface area contributed by atoms with E-state index < -0.39 is 59.3 Å². The fourth-order valence-corrected chi connectivity index (χ4v) is 7.59. The predicted molar refractivity (Wildman–Crippen MR) is 188 cm³/mol. The van der Waals surface area contributed by atoms with Crippen LogP contribution in [0.15, 0.2) is 30.4 Å². The van der Waals surface area contributed by atoms with Crippen LogP contribution in [0, 0.1) is 5.92 Å². The molecule has 51 heavy (non-hydrogen) atoms. The van der Waals surface area contributed by atoms with Crippen molar-refractivity contribution in [1.29, 1.82) is 0 Å². The topological polar surface area (TPSA) is 161 Å². The molecule has 5 atom stereocenters. The lowest BCUT2D eigenvalue weighted by Crippen LogP contribution is -2.56. The number of carbonyl (C=O) groups excluding carboxylic acids is 4. The largest absolute Gasteiger partial charge is 0.479 e. The van der Waals surface area contributed by atoms with Gasteiger partial charge in [-0.05, 0) is 76.8 Å². The molecule has 278 valence electrons. The van der Waals surface area contributed by atoms with Gasteiger partial charge in [-0.15, -0.1) is 0 Å². The molecule has 5 aliphatic rings. The van der Waals surface area contributed by atoms with Crippen molar-refractivity contribution in [3.8, 4) is 0 Å². The molecular weight excluding hydrogens is 656 g/mol. The van der Waals surface area contributed by atoms with Crippen LogP contribution in [0.3, 0.4) is 0 Å². The number of carbonyl (C=O) groups is 5. The summed E-state index contributed by atoms with van der Waals surface area (Å²) in [5, 5.41) is 15.6. The molecule has 14 heteroatoms. The Balaban J connectivity index is 1.18. The first-order valence-electron chi connectivity index (χ1n) is 18.3. The molecule has 2 saturated heterocycles. The van der Waals surface area contributed by atoms with Crippen LogP contribution in [0.25, 0.3) is 0 Å². The molecule has 14 nitrogen and oxygen atoms in total. The maximum Gasteiger partial charge on any atom is 0.410 e. The van der Waals surface area contributed by atoms with Crippen LogP contribution in [0.4, 0.5) is 15.3 Å². The van der Waals surface area contributed by atoms with Crippen LogP contribution >= 0.6 is 0 Å². The number of hydrogen-bond donors (Lipinski definition) is 3. The molecule has 1 aliphatic carbocycles. The number of rotatable bonds is 4. The summed E-state index contributed by atoms with van der Waals surface area (Å²) < 4.78 is 11.4. The molecule has 0 bridgehead atoms. The second kappa shape index (κ2) is 14.7. The molecule has 4 heterocycles. The van der Waals surface area contributed by atoms with E-state index in [0.717, 1.165) is 62.3 Å². The van der Waals surface area contributed by atoms with Gasteiger partial charge in [-0.3, -0.25) is 14.5 Å². The Kier molecular flexibility index (Phi) is 10.5. The van der Waals surface area contributed by atoms with Crippen LogP contribution in [0.5, 0.6) is 0 Å². The van der Waals surface area contributed by atoms with Crippen molar-refractivity contribution >= 4 is 35.7 Å². The summed E-state index contributed by atoms with van der Waals surface area (Å²) in [7, 11) is 2.12. The van der Waals surface area contributed by atoms with Gasteiger partial charge in [-0.1, -0.05) is 31.1 Å². The zero-order chi connectivity index (χ0) is 36.5. The number of aliphatic carboxylic acids is 1. The van der Waals surface area contributed by atoms with E-state index in [9.17, 15) is 29.1 Å². The lowest BCUT2D eigenvalue weighted by molar-refractivity contribution is -0.145. The van der Waals surface area contributed by atoms with E-state index in [1.165, 1.54) is 4.90 Å². The van der Waals surface area contributed by atoms with E-state index in [-0.39, 0.29) is 25.3 Å². The predicted octanol–water partition coefficient (Wildman–Crippen LogP) is 3.23. The van der Waals surface area contributed by atoms with E-state index in [2.05, 4.69) is 45.7 Å². The van der Waals surface area contributed by atoms with E-state index in [0.29, 0.717) is 25.9 Å². The lowest BCUT2D eigenvalue weighted by Gasteiger charge is -2.34. The van der Waals surface area contributed by atoms with E-state index in [1.54, 1.807) is 25.7 Å². The minimum Gasteiger partial charge on any atom is -0.479 e. The van der Waals surface area contributed by atoms with Crippen molar-refractivity contribution in [3.63, 3.8) is 0 Å². The Morgan fingerprint density at radius 3 is 2.49 bits per heavy atom. The molecular formula is C37H52N6O8. The highest BCUT2D eigenvalue weighted by molar-refractivity contribution is 5.96. The van der Waals surface area contributed by atoms with Crippen molar-refractivity contribution in [2.24, 2.45) is 5.92 Å². The number of allylic oxidation sites excluding steroid dienone is 1. The number of fused-ring (bicyclic) bond motifs is 3. The molecule has 0 aromatic heterocycles. The molecule has 6 rings (SSSR count). The van der Waals surface area contributed by atoms with E-state index >= 15 is 0 Å². The Bertz CT molecular complexity index is 1550. The normalized spacial score (nSPS) is 29.5. The number of nitrogens with one attached hydrogen (secondary N) is 2. The van der Waals surface area contributed by atoms with Crippen molar-refractivity contribution in [2.45, 2.75) is 108 Å². The van der Waals surface area contributed by atoms with Crippen molar-refractivity contribution in [1.82, 2.24) is 25.3 Å². The van der Waals surface area contributed by atoms with Crippen molar-refractivity contribution < 1.29 is 38.6 Å². The van der Waals surface area contributed by atoms with Crippen LogP contribution in [-0.2, 0) is 36.9 Å². The van der Waals surface area contributed by atoms with Crippen molar-refractivity contribution in [2.75, 3.05) is 44.7 Å². The van der Waals surface area contributed by atoms with Crippen LogP contribution < -0.4 is 15.5 Å². The lowest BCUT2D eigenvalue weighted by atomic mass is 10.0. The molecule has 0 radical (unpaired) electrons. The smallest absolute Gasteiger partial charge is 0.410 e. The van der Waals surface area contributed by atoms with Crippen molar-refractivity contribution in [3.05, 3.63) is 41.5 Å². The molecule has 1 aromatic carbocycles. The molecule has 0 spiro atoms. The zero-order valence-corrected chi connectivity index (χ0v) is 30.2. The number of anilines is 1. The highest BCUT2D eigenvalue weighted by atomic mass is 16.6. The first-order valence-corrected chi connectivity index (χ1v) is 18.3. The summed E-state index contributed by atoms with van der Waals surface area (Å²) in [6.45, 7) is 9.73. The van der Waals surface area contributed by atoms with Gasteiger partial charge in [0, 0.05) is 57.3 Å². The summed E-state index contributed by atoms with van der Waals surface area (Å²) in [4.78, 5) is 74.5. The number of carboxylic acid groups (broad SMARTS) is 1. The first kappa shape index (κ1) is 36.5. The Labute approximate surface area is 299 Å². The molecule has 3 fully saturated rings. The van der Waals surface area contributed by atoms with Gasteiger partial charge in [0.15, 0.2) is 0 Å². The summed E-state index contributed by atoms with van der Waals surface area (Å²) in [6, 6.07) is 4.20. The third kappa shape index (κ3) is 8.43. The Morgan fingerprint density at radius 1 is 1.02 bits per heavy atom. The number of amides is 4. The van der Waals surface area contributed by atoms with Crippen LogP contribution in [0.2, 0.25) is 0 Å². The number of nitrogens with zero attached hydrogens (tertiary/aromatic N) is 4. The van der Waals surface area contributed by atoms with Gasteiger partial charge in [0.25, 0.3) is 0 Å². The molecule has 1 aromatic rings. The Hall–Kier alpha value is -4.33. The average Bonchev–Trinajstić information content (AvgIpc) is 3.37. The third-order valence-electron chi connectivity index (χ3n) is 10.6. The highest BCUT2D eigenvalue weighted by Crippen LogP contribution is 2.45. The minimum atomic E-state index is -1.46. The minimum absolute atomic E-state index is 0.00693. The van der Waals surface area contributed by atoms with Gasteiger partial charge in [0.1, 0.15) is 29.3 Å². The quantitative estimate of drug-likeness (QED) is 0.397. The number of piperazine rings is 1. The Morgan fingerprint density at radius 2 is 1.76 bits per heavy atom. The van der Waals surface area contributed by atoms with Gasteiger partial charge in [0.2, 0.25) is 11.8 Å². The number of benzene rings is 1. The van der Waals surface area contributed by atoms with Gasteiger partial charge in [0.05, 0.1) is 6.54 Å². The summed E-state index contributed by atoms with van der Waals surface area (Å²) >= 11 is 0. The van der Waals surface area contributed by atoms with E-state index in [1.807, 2.05) is 12.2 Å². The van der Waals surface area contributed by atoms with Gasteiger partial charge in [-0.2, -0.15) is 0 Å². The number of ether oxygens (including phenoxy) is 2. The maximum atomic E-state index is 14.2. The molecule has 0 unspecified atom stereocenters. The molecule has 3 N–H and O–H groups in total. The van der Waals surface area contributed by atoms with Gasteiger partial charge >= 0.3 is 18.2 Å². The van der Waals surface area contributed by atoms with Gasteiger partial charge < -0.3 is 39.9 Å².